The van der Waals surface area contributed by atoms with E-state index in [1.54, 1.807) is 37.6 Å². The van der Waals surface area contributed by atoms with Crippen LogP contribution >= 0.6 is 11.6 Å². The van der Waals surface area contributed by atoms with Crippen LogP contribution in [0.15, 0.2) is 18.2 Å². The van der Waals surface area contributed by atoms with Gasteiger partial charge in [0.05, 0.1) is 10.9 Å². The third-order valence-electron chi connectivity index (χ3n) is 3.07. The predicted octanol–water partition coefficient (Wildman–Crippen LogP) is 2.78. The van der Waals surface area contributed by atoms with E-state index in [1.165, 1.54) is 6.07 Å². The molecule has 0 bridgehead atoms. The highest BCUT2D eigenvalue weighted by Crippen LogP contribution is 2.29. The Morgan fingerprint density at radius 2 is 2.16 bits per heavy atom. The molecule has 1 amide bonds. The average molecular weight is 284 g/mol. The second-order valence-corrected chi connectivity index (χ2v) is 5.01. The smallest absolute Gasteiger partial charge is 0.242 e. The third kappa shape index (κ3) is 2.30. The van der Waals surface area contributed by atoms with Gasteiger partial charge in [0, 0.05) is 7.05 Å². The fourth-order valence-corrected chi connectivity index (χ4v) is 2.27. The highest BCUT2D eigenvalue weighted by Gasteiger charge is 2.24. The number of rotatable bonds is 3. The monoisotopic (exact) mass is 283 g/mol. The number of hydrogen-bond donors (Lipinski definition) is 1. The number of carbonyl (C=O) groups excluding carboxylic acids is 1. The van der Waals surface area contributed by atoms with Crippen LogP contribution in [0.4, 0.5) is 4.39 Å². The summed E-state index contributed by atoms with van der Waals surface area (Å²) in [6.07, 6.45) is 0. The van der Waals surface area contributed by atoms with Crippen molar-refractivity contribution in [2.45, 2.75) is 25.3 Å². The molecule has 0 spiro atoms. The molecule has 6 heteroatoms. The molecule has 1 N–H and O–H groups in total. The summed E-state index contributed by atoms with van der Waals surface area (Å²) in [5.74, 6) is -0.112. The van der Waals surface area contributed by atoms with Crippen molar-refractivity contribution in [1.82, 2.24) is 14.9 Å². The number of amides is 1. The summed E-state index contributed by atoms with van der Waals surface area (Å²) in [4.78, 5) is 16.0. The minimum absolute atomic E-state index is 0.179. The Balaban J connectivity index is 2.72. The molecular weight excluding hydrogens is 269 g/mol. The van der Waals surface area contributed by atoms with Crippen molar-refractivity contribution in [2.75, 3.05) is 7.05 Å². The fraction of sp³-hybridized carbons (Fsp3) is 0.385. The molecule has 4 nitrogen and oxygen atoms in total. The predicted molar refractivity (Wildman–Crippen MR) is 72.7 cm³/mol. The number of benzene rings is 1. The first-order valence-electron chi connectivity index (χ1n) is 5.99. The van der Waals surface area contributed by atoms with Crippen LogP contribution in [0.2, 0.25) is 0 Å². The van der Waals surface area contributed by atoms with Crippen LogP contribution in [-0.4, -0.2) is 22.5 Å². The normalized spacial score (nSPS) is 14.4. The first-order valence-corrected chi connectivity index (χ1v) is 6.43. The van der Waals surface area contributed by atoms with Crippen LogP contribution in [0.3, 0.4) is 0 Å². The number of imidazole rings is 1. The number of fused-ring (bicyclic) bond motifs is 1. The van der Waals surface area contributed by atoms with E-state index in [0.29, 0.717) is 11.3 Å². The van der Waals surface area contributed by atoms with Gasteiger partial charge in [0.1, 0.15) is 17.4 Å². The molecule has 1 aromatic carbocycles. The third-order valence-corrected chi connectivity index (χ3v) is 3.26. The number of para-hydroxylation sites is 1. The lowest BCUT2D eigenvalue weighted by atomic mass is 10.2. The van der Waals surface area contributed by atoms with Crippen LogP contribution in [0, 0.1) is 5.82 Å². The minimum atomic E-state index is -0.506. The van der Waals surface area contributed by atoms with E-state index < -0.39 is 17.2 Å². The summed E-state index contributed by atoms with van der Waals surface area (Å²) in [7, 11) is 1.56. The van der Waals surface area contributed by atoms with E-state index in [1.807, 2.05) is 0 Å². The van der Waals surface area contributed by atoms with Crippen LogP contribution < -0.4 is 5.32 Å². The van der Waals surface area contributed by atoms with Gasteiger partial charge in [-0.05, 0) is 26.0 Å². The number of likely N-dealkylation sites (N-methyl/N-ethyl adjacent to an activating group) is 1. The number of nitrogens with zero attached hydrogens (tertiary/aromatic N) is 2. The van der Waals surface area contributed by atoms with Gasteiger partial charge in [-0.2, -0.15) is 0 Å². The van der Waals surface area contributed by atoms with Gasteiger partial charge in [0.15, 0.2) is 5.82 Å². The number of hydrogen-bond acceptors (Lipinski definition) is 2. The molecule has 1 heterocycles. The molecular formula is C13H15ClFN3O. The van der Waals surface area contributed by atoms with E-state index in [4.69, 9.17) is 11.6 Å². The van der Waals surface area contributed by atoms with Gasteiger partial charge in [0.25, 0.3) is 0 Å². The van der Waals surface area contributed by atoms with E-state index in [2.05, 4.69) is 10.3 Å². The molecule has 0 aliphatic carbocycles. The van der Waals surface area contributed by atoms with Crippen LogP contribution in [0.25, 0.3) is 11.0 Å². The number of nitrogens with one attached hydrogen (secondary N) is 1. The van der Waals surface area contributed by atoms with Gasteiger partial charge in [-0.1, -0.05) is 6.07 Å². The zero-order valence-corrected chi connectivity index (χ0v) is 11.7. The van der Waals surface area contributed by atoms with Gasteiger partial charge >= 0.3 is 0 Å². The van der Waals surface area contributed by atoms with Gasteiger partial charge in [0.2, 0.25) is 5.91 Å². The molecule has 0 saturated carbocycles. The van der Waals surface area contributed by atoms with Crippen molar-refractivity contribution in [3.63, 3.8) is 0 Å². The molecule has 2 atom stereocenters. The fourth-order valence-electron chi connectivity index (χ4n) is 2.11. The zero-order chi connectivity index (χ0) is 14.2. The number of halogens is 2. The summed E-state index contributed by atoms with van der Waals surface area (Å²) >= 11 is 6.09. The van der Waals surface area contributed by atoms with E-state index >= 15 is 0 Å². The summed E-state index contributed by atoms with van der Waals surface area (Å²) in [6.45, 7) is 3.47. The van der Waals surface area contributed by atoms with Crippen LogP contribution in [0.1, 0.15) is 31.1 Å². The standard InChI is InChI=1S/C13H15ClFN3O/c1-7(14)12-17-11-9(15)5-4-6-10(11)18(12)8(2)13(19)16-3/h4-8H,1-3H3,(H,16,19). The molecule has 19 heavy (non-hydrogen) atoms. The summed E-state index contributed by atoms with van der Waals surface area (Å²) in [5, 5.41) is 2.16. The first-order chi connectivity index (χ1) is 8.97. The van der Waals surface area contributed by atoms with Gasteiger partial charge in [-0.3, -0.25) is 4.79 Å². The first kappa shape index (κ1) is 13.8. The second-order valence-electron chi connectivity index (χ2n) is 4.35. The average Bonchev–Trinajstić information content (AvgIpc) is 2.78. The number of aromatic nitrogens is 2. The van der Waals surface area contributed by atoms with E-state index in [0.717, 1.165) is 0 Å². The van der Waals surface area contributed by atoms with Crippen LogP contribution in [-0.2, 0) is 4.79 Å². The van der Waals surface area contributed by atoms with E-state index in [9.17, 15) is 9.18 Å². The van der Waals surface area contributed by atoms with Crippen molar-refractivity contribution >= 4 is 28.5 Å². The van der Waals surface area contributed by atoms with Crippen molar-refractivity contribution in [3.05, 3.63) is 29.8 Å². The van der Waals surface area contributed by atoms with Crippen molar-refractivity contribution < 1.29 is 9.18 Å². The van der Waals surface area contributed by atoms with E-state index in [-0.39, 0.29) is 11.4 Å². The molecule has 2 rings (SSSR count). The Labute approximate surface area is 115 Å². The molecule has 102 valence electrons. The quantitative estimate of drug-likeness (QED) is 0.881. The topological polar surface area (TPSA) is 46.9 Å². The highest BCUT2D eigenvalue weighted by molar-refractivity contribution is 6.20. The highest BCUT2D eigenvalue weighted by atomic mass is 35.5. The van der Waals surface area contributed by atoms with Crippen molar-refractivity contribution in [3.8, 4) is 0 Å². The lowest BCUT2D eigenvalue weighted by Gasteiger charge is -2.17. The maximum Gasteiger partial charge on any atom is 0.242 e. The summed E-state index contributed by atoms with van der Waals surface area (Å²) in [6, 6.07) is 4.16. The SMILES string of the molecule is CNC(=O)C(C)n1c(C(C)Cl)nc2c(F)cccc21. The molecule has 0 aliphatic rings. The van der Waals surface area contributed by atoms with Gasteiger partial charge < -0.3 is 9.88 Å². The lowest BCUT2D eigenvalue weighted by Crippen LogP contribution is -2.28. The van der Waals surface area contributed by atoms with Gasteiger partial charge in [-0.15, -0.1) is 11.6 Å². The Morgan fingerprint density at radius 1 is 1.47 bits per heavy atom. The Bertz CT molecular complexity index is 624. The molecule has 0 saturated heterocycles. The molecule has 2 unspecified atom stereocenters. The maximum absolute atomic E-state index is 13.8. The largest absolute Gasteiger partial charge is 0.357 e. The number of carbonyl (C=O) groups is 1. The van der Waals surface area contributed by atoms with Crippen LogP contribution in [0.5, 0.6) is 0 Å². The molecule has 0 radical (unpaired) electrons. The minimum Gasteiger partial charge on any atom is -0.357 e. The molecule has 0 aliphatic heterocycles. The molecule has 2 aromatic rings. The van der Waals surface area contributed by atoms with Crippen molar-refractivity contribution in [2.24, 2.45) is 0 Å². The zero-order valence-electron chi connectivity index (χ0n) is 10.9. The second kappa shape index (κ2) is 5.17. The van der Waals surface area contributed by atoms with Gasteiger partial charge in [-0.25, -0.2) is 9.37 Å². The summed E-state index contributed by atoms with van der Waals surface area (Å²) < 4.78 is 15.4. The lowest BCUT2D eigenvalue weighted by molar-refractivity contribution is -0.123. The molecule has 1 aromatic heterocycles. The Kier molecular flexibility index (Phi) is 3.75. The number of alkyl halides is 1. The molecule has 0 fully saturated rings. The Morgan fingerprint density at radius 3 is 2.74 bits per heavy atom. The maximum atomic E-state index is 13.8. The summed E-state index contributed by atoms with van der Waals surface area (Å²) in [5.41, 5.74) is 0.805. The van der Waals surface area contributed by atoms with Crippen molar-refractivity contribution in [1.29, 1.82) is 0 Å². The Hall–Kier alpha value is -1.62.